The van der Waals surface area contributed by atoms with Crippen LogP contribution in [-0.4, -0.2) is 24.1 Å². The van der Waals surface area contributed by atoms with E-state index in [9.17, 15) is 13.2 Å². The Morgan fingerprint density at radius 1 is 1.14 bits per heavy atom. The molecule has 0 amide bonds. The summed E-state index contributed by atoms with van der Waals surface area (Å²) in [6, 6.07) is 0. The molecule has 0 rings (SSSR count). The van der Waals surface area contributed by atoms with Crippen LogP contribution in [0, 0.1) is 0 Å². The molecule has 0 aliphatic carbocycles. The van der Waals surface area contributed by atoms with E-state index in [1.165, 1.54) is 0 Å². The maximum Gasteiger partial charge on any atom is 0.389 e. The molecular formula is C9H17ClF3N. The zero-order valence-electron chi connectivity index (χ0n) is 8.55. The van der Waals surface area contributed by atoms with Crippen molar-refractivity contribution < 1.29 is 13.2 Å². The quantitative estimate of drug-likeness (QED) is 0.546. The smallest absolute Gasteiger partial charge is 0.312 e. The highest BCUT2D eigenvalue weighted by Gasteiger charge is 2.26. The number of hydrogen-bond acceptors (Lipinski definition) is 1. The molecule has 0 aromatic rings. The van der Waals surface area contributed by atoms with Crippen molar-refractivity contribution in [2.24, 2.45) is 0 Å². The van der Waals surface area contributed by atoms with Crippen molar-refractivity contribution in [3.63, 3.8) is 0 Å². The Morgan fingerprint density at radius 3 is 2.14 bits per heavy atom. The summed E-state index contributed by atoms with van der Waals surface area (Å²) < 4.78 is 35.3. The van der Waals surface area contributed by atoms with E-state index in [-0.39, 0.29) is 12.0 Å². The fraction of sp³-hybridized carbons (Fsp3) is 1.00. The largest absolute Gasteiger partial charge is 0.389 e. The Kier molecular flexibility index (Phi) is 5.83. The third-order valence-electron chi connectivity index (χ3n) is 1.96. The van der Waals surface area contributed by atoms with Crippen molar-refractivity contribution in [3.05, 3.63) is 0 Å². The first-order chi connectivity index (χ1) is 6.27. The SMILES string of the molecule is CC(C)(CCCl)NCCCC(F)(F)F. The Bertz CT molecular complexity index is 157. The molecule has 0 heterocycles. The van der Waals surface area contributed by atoms with E-state index in [0.29, 0.717) is 12.4 Å². The molecule has 0 aromatic heterocycles. The van der Waals surface area contributed by atoms with Crippen LogP contribution < -0.4 is 5.32 Å². The molecule has 14 heavy (non-hydrogen) atoms. The van der Waals surface area contributed by atoms with Crippen LogP contribution in [0.15, 0.2) is 0 Å². The van der Waals surface area contributed by atoms with Gasteiger partial charge >= 0.3 is 6.18 Å². The van der Waals surface area contributed by atoms with Crippen LogP contribution in [0.4, 0.5) is 13.2 Å². The van der Waals surface area contributed by atoms with E-state index in [1.807, 2.05) is 13.8 Å². The Hall–Kier alpha value is 0.0400. The van der Waals surface area contributed by atoms with Crippen LogP contribution in [0.25, 0.3) is 0 Å². The molecule has 0 aromatic carbocycles. The van der Waals surface area contributed by atoms with Crippen molar-refractivity contribution in [3.8, 4) is 0 Å². The summed E-state index contributed by atoms with van der Waals surface area (Å²) in [5.74, 6) is 0.513. The molecule has 1 nitrogen and oxygen atoms in total. The molecule has 0 fully saturated rings. The first kappa shape index (κ1) is 14.0. The van der Waals surface area contributed by atoms with Gasteiger partial charge in [-0.05, 0) is 33.2 Å². The summed E-state index contributed by atoms with van der Waals surface area (Å²) in [6.45, 7) is 4.25. The van der Waals surface area contributed by atoms with Gasteiger partial charge in [0, 0.05) is 17.8 Å². The van der Waals surface area contributed by atoms with Gasteiger partial charge in [-0.3, -0.25) is 0 Å². The minimum Gasteiger partial charge on any atom is -0.312 e. The summed E-state index contributed by atoms with van der Waals surface area (Å²) in [6.07, 6.45) is -3.90. The maximum atomic E-state index is 11.8. The van der Waals surface area contributed by atoms with E-state index < -0.39 is 12.6 Å². The molecular weight excluding hydrogens is 215 g/mol. The molecule has 0 aliphatic heterocycles. The van der Waals surface area contributed by atoms with Crippen LogP contribution in [-0.2, 0) is 0 Å². The van der Waals surface area contributed by atoms with Gasteiger partial charge in [-0.1, -0.05) is 0 Å². The van der Waals surface area contributed by atoms with Gasteiger partial charge in [0.1, 0.15) is 0 Å². The molecule has 0 spiro atoms. The average molecular weight is 232 g/mol. The highest BCUT2D eigenvalue weighted by Crippen LogP contribution is 2.21. The van der Waals surface area contributed by atoms with Crippen molar-refractivity contribution in [2.45, 2.75) is 44.8 Å². The van der Waals surface area contributed by atoms with Gasteiger partial charge in [0.05, 0.1) is 0 Å². The summed E-state index contributed by atoms with van der Waals surface area (Å²) in [5, 5.41) is 3.05. The van der Waals surface area contributed by atoms with Crippen LogP contribution in [0.5, 0.6) is 0 Å². The lowest BCUT2D eigenvalue weighted by Crippen LogP contribution is -2.40. The maximum absolute atomic E-state index is 11.8. The second-order valence-corrected chi connectivity index (χ2v) is 4.35. The first-order valence-electron chi connectivity index (χ1n) is 4.64. The van der Waals surface area contributed by atoms with Crippen molar-refractivity contribution in [1.82, 2.24) is 5.32 Å². The molecule has 0 saturated carbocycles. The van der Waals surface area contributed by atoms with Gasteiger partial charge < -0.3 is 5.32 Å². The molecule has 0 radical (unpaired) electrons. The molecule has 0 bridgehead atoms. The summed E-state index contributed by atoms with van der Waals surface area (Å²) in [7, 11) is 0. The fourth-order valence-corrected chi connectivity index (χ4v) is 1.51. The highest BCUT2D eigenvalue weighted by atomic mass is 35.5. The summed E-state index contributed by atoms with van der Waals surface area (Å²) >= 11 is 5.55. The van der Waals surface area contributed by atoms with Crippen LogP contribution >= 0.6 is 11.6 Å². The van der Waals surface area contributed by atoms with E-state index >= 15 is 0 Å². The van der Waals surface area contributed by atoms with E-state index in [1.54, 1.807) is 0 Å². The zero-order chi connectivity index (χ0) is 11.2. The Morgan fingerprint density at radius 2 is 1.71 bits per heavy atom. The molecule has 1 N–H and O–H groups in total. The van der Waals surface area contributed by atoms with Gasteiger partial charge in [0.2, 0.25) is 0 Å². The van der Waals surface area contributed by atoms with Gasteiger partial charge in [0.15, 0.2) is 0 Å². The lowest BCUT2D eigenvalue weighted by molar-refractivity contribution is -0.135. The summed E-state index contributed by atoms with van der Waals surface area (Å²) in [4.78, 5) is 0. The predicted octanol–water partition coefficient (Wildman–Crippen LogP) is 3.33. The van der Waals surface area contributed by atoms with Gasteiger partial charge in [-0.15, -0.1) is 11.6 Å². The Labute approximate surface area is 88.0 Å². The second-order valence-electron chi connectivity index (χ2n) is 3.97. The molecule has 0 aliphatic rings. The molecule has 0 saturated heterocycles. The van der Waals surface area contributed by atoms with Gasteiger partial charge in [-0.25, -0.2) is 0 Å². The molecule has 5 heteroatoms. The van der Waals surface area contributed by atoms with Crippen LogP contribution in [0.3, 0.4) is 0 Å². The van der Waals surface area contributed by atoms with E-state index in [0.717, 1.165) is 6.42 Å². The number of hydrogen-bond donors (Lipinski definition) is 1. The van der Waals surface area contributed by atoms with Gasteiger partial charge in [0.25, 0.3) is 0 Å². The van der Waals surface area contributed by atoms with Crippen LogP contribution in [0.2, 0.25) is 0 Å². The lowest BCUT2D eigenvalue weighted by Gasteiger charge is -2.25. The van der Waals surface area contributed by atoms with Crippen molar-refractivity contribution in [2.75, 3.05) is 12.4 Å². The van der Waals surface area contributed by atoms with Crippen molar-refractivity contribution in [1.29, 1.82) is 0 Å². The second kappa shape index (κ2) is 5.81. The third-order valence-corrected chi connectivity index (χ3v) is 2.15. The summed E-state index contributed by atoms with van der Waals surface area (Å²) in [5.41, 5.74) is -0.173. The highest BCUT2D eigenvalue weighted by molar-refractivity contribution is 6.17. The Balaban J connectivity index is 3.54. The third kappa shape index (κ3) is 8.63. The monoisotopic (exact) mass is 231 g/mol. The average Bonchev–Trinajstić information content (AvgIpc) is 1.96. The molecule has 0 atom stereocenters. The molecule has 0 unspecified atom stereocenters. The zero-order valence-corrected chi connectivity index (χ0v) is 9.30. The standard InChI is InChI=1S/C9H17ClF3N/c1-8(2,5-6-10)14-7-3-4-9(11,12)13/h14H,3-7H2,1-2H3. The first-order valence-corrected chi connectivity index (χ1v) is 5.18. The van der Waals surface area contributed by atoms with E-state index in [4.69, 9.17) is 11.6 Å². The minimum absolute atomic E-state index is 0.120. The van der Waals surface area contributed by atoms with E-state index in [2.05, 4.69) is 5.32 Å². The topological polar surface area (TPSA) is 12.0 Å². The number of alkyl halides is 4. The lowest BCUT2D eigenvalue weighted by atomic mass is 10.0. The van der Waals surface area contributed by atoms with Crippen LogP contribution in [0.1, 0.15) is 33.1 Å². The minimum atomic E-state index is -4.04. The number of halogens is 4. The normalized spacial score (nSPS) is 13.3. The molecule has 86 valence electrons. The number of nitrogens with one attached hydrogen (secondary N) is 1. The number of rotatable bonds is 6. The van der Waals surface area contributed by atoms with Crippen molar-refractivity contribution >= 4 is 11.6 Å². The predicted molar refractivity (Wildman–Crippen MR) is 52.7 cm³/mol. The fourth-order valence-electron chi connectivity index (χ4n) is 1.04. The van der Waals surface area contributed by atoms with Gasteiger partial charge in [-0.2, -0.15) is 13.2 Å².